The summed E-state index contributed by atoms with van der Waals surface area (Å²) in [5.74, 6) is -1.99. The molecule has 2 aromatic rings. The Balaban J connectivity index is 1.77. The third-order valence-corrected chi connectivity index (χ3v) is 6.16. The molecule has 2 N–H and O–H groups in total. The van der Waals surface area contributed by atoms with Crippen LogP contribution in [0.15, 0.2) is 10.6 Å². The number of nitrogens with one attached hydrogen (secondary N) is 2. The first-order valence-electron chi connectivity index (χ1n) is 8.71. The fraction of sp³-hybridized carbons (Fsp3) is 0.412. The Morgan fingerprint density at radius 2 is 2.00 bits per heavy atom. The van der Waals surface area contributed by atoms with Gasteiger partial charge in [-0.2, -0.15) is 0 Å². The average Bonchev–Trinajstić information content (AvgIpc) is 3.00. The number of imide groups is 2. The lowest BCUT2D eigenvalue weighted by Gasteiger charge is -2.53. The molecule has 28 heavy (non-hydrogen) atoms. The molecule has 9 nitrogen and oxygen atoms in total. The molecular weight excluding hydrogens is 393 g/mol. The Morgan fingerprint density at radius 1 is 1.29 bits per heavy atom. The van der Waals surface area contributed by atoms with Crippen molar-refractivity contribution in [3.63, 3.8) is 0 Å². The van der Waals surface area contributed by atoms with E-state index < -0.39 is 35.1 Å². The van der Waals surface area contributed by atoms with Crippen molar-refractivity contribution >= 4 is 46.1 Å². The van der Waals surface area contributed by atoms with Gasteiger partial charge in [0.2, 0.25) is 17.4 Å². The number of carbonyl (C=O) groups excluding carboxylic acids is 3. The Bertz CT molecular complexity index is 1050. The molecule has 2 fully saturated rings. The summed E-state index contributed by atoms with van der Waals surface area (Å²) >= 11 is 6.00. The van der Waals surface area contributed by atoms with Crippen LogP contribution in [0.2, 0.25) is 5.15 Å². The monoisotopic (exact) mass is 407 g/mol. The van der Waals surface area contributed by atoms with E-state index in [2.05, 4.69) is 15.8 Å². The number of urea groups is 1. The molecule has 4 heterocycles. The number of barbiturate groups is 1. The molecule has 0 saturated carbocycles. The summed E-state index contributed by atoms with van der Waals surface area (Å²) in [5, 5.41) is 8.28. The number of nitrogens with zero attached hydrogens (tertiary/aromatic N) is 3. The highest BCUT2D eigenvalue weighted by atomic mass is 35.5. The third-order valence-electron chi connectivity index (χ3n) is 5.89. The molecule has 3 aliphatic rings. The summed E-state index contributed by atoms with van der Waals surface area (Å²) in [5.41, 5.74) is -0.915. The van der Waals surface area contributed by atoms with Gasteiger partial charge in [0.25, 0.3) is 0 Å². The first-order chi connectivity index (χ1) is 13.3. The first-order valence-corrected chi connectivity index (χ1v) is 9.09. The predicted octanol–water partition coefficient (Wildman–Crippen LogP) is 0.649. The SMILES string of the molecule is CN1CCN2c3c(cc4c(Cl)noc4c3F)CC3(C(=O)NC(=O)NC3=O)C2C1. The fourth-order valence-corrected chi connectivity index (χ4v) is 4.73. The van der Waals surface area contributed by atoms with Crippen LogP contribution in [0.25, 0.3) is 11.0 Å². The summed E-state index contributed by atoms with van der Waals surface area (Å²) < 4.78 is 20.4. The van der Waals surface area contributed by atoms with Crippen LogP contribution in [-0.4, -0.2) is 60.6 Å². The zero-order chi connectivity index (χ0) is 19.8. The number of halogens is 2. The first kappa shape index (κ1) is 17.4. The minimum Gasteiger partial charge on any atom is -0.362 e. The second kappa shape index (κ2) is 5.65. The van der Waals surface area contributed by atoms with Crippen LogP contribution < -0.4 is 15.5 Å². The molecule has 1 atom stereocenters. The van der Waals surface area contributed by atoms with Crippen molar-refractivity contribution in [3.8, 4) is 0 Å². The van der Waals surface area contributed by atoms with Gasteiger partial charge in [-0.15, -0.1) is 0 Å². The molecule has 0 aliphatic carbocycles. The average molecular weight is 408 g/mol. The summed E-state index contributed by atoms with van der Waals surface area (Å²) in [6.07, 6.45) is -0.0728. The third kappa shape index (κ3) is 2.09. The van der Waals surface area contributed by atoms with Crippen LogP contribution in [0.3, 0.4) is 0 Å². The topological polar surface area (TPSA) is 108 Å². The molecule has 3 aliphatic heterocycles. The summed E-state index contributed by atoms with van der Waals surface area (Å²) in [4.78, 5) is 41.2. The highest BCUT2D eigenvalue weighted by molar-refractivity contribution is 6.34. The number of hydrogen-bond donors (Lipinski definition) is 2. The van der Waals surface area contributed by atoms with Gasteiger partial charge in [0.05, 0.1) is 17.1 Å². The number of benzene rings is 1. The van der Waals surface area contributed by atoms with Gasteiger partial charge in [0.15, 0.2) is 16.4 Å². The number of anilines is 1. The number of piperazine rings is 1. The van der Waals surface area contributed by atoms with Crippen molar-refractivity contribution in [3.05, 3.63) is 22.6 Å². The van der Waals surface area contributed by atoms with Gasteiger partial charge in [0.1, 0.15) is 0 Å². The molecule has 146 valence electrons. The lowest BCUT2D eigenvalue weighted by Crippen LogP contribution is -2.74. The quantitative estimate of drug-likeness (QED) is 0.617. The van der Waals surface area contributed by atoms with E-state index in [0.29, 0.717) is 25.2 Å². The second-order valence-electron chi connectivity index (χ2n) is 7.41. The van der Waals surface area contributed by atoms with E-state index in [1.165, 1.54) is 0 Å². The van der Waals surface area contributed by atoms with Gasteiger partial charge in [-0.3, -0.25) is 20.2 Å². The van der Waals surface area contributed by atoms with Crippen molar-refractivity contribution in [1.82, 2.24) is 20.7 Å². The number of carbonyl (C=O) groups is 3. The zero-order valence-electron chi connectivity index (χ0n) is 14.7. The standard InChI is InChI=1S/C17H15ClFN5O4/c1-23-2-3-24-9(6-23)17(14(25)20-16(27)21-15(17)26)5-7-4-8-12(10(19)11(7)24)28-22-13(8)18/h4,9H,2-3,5-6H2,1H3,(H2,20,21,25,26,27). The minimum absolute atomic E-state index is 0.000948. The van der Waals surface area contributed by atoms with Crippen molar-refractivity contribution in [1.29, 1.82) is 0 Å². The fourth-order valence-electron chi connectivity index (χ4n) is 4.55. The Morgan fingerprint density at radius 3 is 2.71 bits per heavy atom. The van der Waals surface area contributed by atoms with E-state index in [1.807, 2.05) is 11.9 Å². The predicted molar refractivity (Wildman–Crippen MR) is 95.4 cm³/mol. The van der Waals surface area contributed by atoms with Gasteiger partial charge in [-0.1, -0.05) is 16.8 Å². The molecule has 5 rings (SSSR count). The van der Waals surface area contributed by atoms with Crippen LogP contribution >= 0.6 is 11.6 Å². The lowest BCUT2D eigenvalue weighted by atomic mass is 9.68. The van der Waals surface area contributed by atoms with Gasteiger partial charge in [-0.05, 0) is 25.1 Å². The second-order valence-corrected chi connectivity index (χ2v) is 7.76. The van der Waals surface area contributed by atoms with E-state index in [9.17, 15) is 14.4 Å². The number of fused-ring (bicyclic) bond motifs is 5. The van der Waals surface area contributed by atoms with Crippen molar-refractivity contribution < 1.29 is 23.3 Å². The van der Waals surface area contributed by atoms with E-state index in [-0.39, 0.29) is 28.2 Å². The Labute approximate surface area is 162 Å². The van der Waals surface area contributed by atoms with Crippen molar-refractivity contribution in [2.45, 2.75) is 12.5 Å². The van der Waals surface area contributed by atoms with Gasteiger partial charge < -0.3 is 14.3 Å². The summed E-state index contributed by atoms with van der Waals surface area (Å²) in [6.45, 7) is 1.36. The van der Waals surface area contributed by atoms with E-state index in [0.717, 1.165) is 0 Å². The number of hydrogen-bond acceptors (Lipinski definition) is 7. The number of rotatable bonds is 0. The highest BCUT2D eigenvalue weighted by Crippen LogP contribution is 2.47. The Hall–Kier alpha value is -2.72. The maximum atomic E-state index is 15.3. The maximum absolute atomic E-state index is 15.3. The normalized spacial score (nSPS) is 24.2. The number of likely N-dealkylation sites (N-methyl/N-ethyl adjacent to an activating group) is 1. The van der Waals surface area contributed by atoms with Gasteiger partial charge in [0, 0.05) is 19.6 Å². The molecule has 1 spiro atoms. The number of amides is 4. The summed E-state index contributed by atoms with van der Waals surface area (Å²) in [7, 11) is 1.86. The molecule has 4 amide bonds. The molecule has 1 aromatic heterocycles. The zero-order valence-corrected chi connectivity index (χ0v) is 15.5. The van der Waals surface area contributed by atoms with E-state index >= 15 is 4.39 Å². The maximum Gasteiger partial charge on any atom is 0.328 e. The lowest BCUT2D eigenvalue weighted by molar-refractivity contribution is -0.147. The summed E-state index contributed by atoms with van der Waals surface area (Å²) in [6, 6.07) is 0.0860. The molecule has 0 radical (unpaired) electrons. The molecule has 1 unspecified atom stereocenters. The van der Waals surface area contributed by atoms with E-state index in [4.69, 9.17) is 16.1 Å². The van der Waals surface area contributed by atoms with Crippen molar-refractivity contribution in [2.75, 3.05) is 31.6 Å². The van der Waals surface area contributed by atoms with Gasteiger partial charge >= 0.3 is 6.03 Å². The largest absolute Gasteiger partial charge is 0.362 e. The molecular formula is C17H15ClFN5O4. The highest BCUT2D eigenvalue weighted by Gasteiger charge is 2.61. The van der Waals surface area contributed by atoms with Crippen LogP contribution in [0.4, 0.5) is 14.9 Å². The van der Waals surface area contributed by atoms with Crippen LogP contribution in [0.5, 0.6) is 0 Å². The minimum atomic E-state index is -1.57. The van der Waals surface area contributed by atoms with Crippen LogP contribution in [0, 0.1) is 11.2 Å². The van der Waals surface area contributed by atoms with Gasteiger partial charge in [-0.25, -0.2) is 9.18 Å². The molecule has 2 saturated heterocycles. The molecule has 0 bridgehead atoms. The number of aromatic nitrogens is 1. The van der Waals surface area contributed by atoms with E-state index in [1.54, 1.807) is 11.0 Å². The van der Waals surface area contributed by atoms with Crippen LogP contribution in [-0.2, 0) is 16.0 Å². The Kier molecular flexibility index (Phi) is 3.50. The smallest absolute Gasteiger partial charge is 0.328 e. The van der Waals surface area contributed by atoms with Crippen LogP contribution in [0.1, 0.15) is 5.56 Å². The molecule has 1 aromatic carbocycles. The van der Waals surface area contributed by atoms with Crippen molar-refractivity contribution in [2.24, 2.45) is 5.41 Å². The molecule has 11 heteroatoms.